The summed E-state index contributed by atoms with van der Waals surface area (Å²) in [6.07, 6.45) is 0.775. The minimum Gasteiger partial charge on any atom is -0.507 e. The molecular weight excluding hydrogens is 527 g/mol. The van der Waals surface area contributed by atoms with E-state index in [0.717, 1.165) is 34.8 Å². The summed E-state index contributed by atoms with van der Waals surface area (Å²) in [6.45, 7) is 6.15. The van der Waals surface area contributed by atoms with Crippen LogP contribution in [0.5, 0.6) is 11.5 Å². The third kappa shape index (κ3) is 5.35. The fourth-order valence-electron chi connectivity index (χ4n) is 4.17. The maximum atomic E-state index is 13.6. The summed E-state index contributed by atoms with van der Waals surface area (Å²) in [5.41, 5.74) is 0.679. The van der Waals surface area contributed by atoms with Crippen molar-refractivity contribution in [3.8, 4) is 11.5 Å². The number of hydrogen-bond acceptors (Lipinski definition) is 9. The van der Waals surface area contributed by atoms with Gasteiger partial charge in [-0.25, -0.2) is 14.2 Å². The number of anilines is 1. The van der Waals surface area contributed by atoms with Crippen LogP contribution < -0.4 is 14.4 Å². The quantitative estimate of drug-likeness (QED) is 0.166. The molecule has 2 heterocycles. The molecule has 4 rings (SSSR count). The summed E-state index contributed by atoms with van der Waals surface area (Å²) in [5.74, 6) is -2.67. The van der Waals surface area contributed by atoms with E-state index in [2.05, 4.69) is 4.98 Å². The number of aromatic nitrogens is 1. The fourth-order valence-corrected chi connectivity index (χ4v) is 5.18. The van der Waals surface area contributed by atoms with Crippen LogP contribution in [0.1, 0.15) is 52.8 Å². The van der Waals surface area contributed by atoms with Crippen molar-refractivity contribution in [1.82, 2.24) is 4.98 Å². The normalized spacial score (nSPS) is 16.4. The van der Waals surface area contributed by atoms with Crippen molar-refractivity contribution in [2.24, 2.45) is 0 Å². The Bertz CT molecular complexity index is 1450. The average Bonchev–Trinajstić information content (AvgIpc) is 3.44. The second-order valence-corrected chi connectivity index (χ2v) is 9.54. The van der Waals surface area contributed by atoms with E-state index in [0.29, 0.717) is 36.0 Å². The Morgan fingerprint density at radius 2 is 1.82 bits per heavy atom. The molecule has 1 unspecified atom stereocenters. The van der Waals surface area contributed by atoms with Gasteiger partial charge in [0.1, 0.15) is 16.5 Å². The number of hydrogen-bond donors (Lipinski definition) is 1. The molecule has 2 aromatic carbocycles. The highest BCUT2D eigenvalue weighted by Crippen LogP contribution is 2.45. The monoisotopic (exact) mass is 554 g/mol. The first-order chi connectivity index (χ1) is 18.7. The number of aliphatic hydroxyl groups excluding tert-OH is 1. The Morgan fingerprint density at radius 1 is 1.10 bits per heavy atom. The smallest absolute Gasteiger partial charge is 0.350 e. The first-order valence-electron chi connectivity index (χ1n) is 12.2. The zero-order chi connectivity index (χ0) is 28.3. The topological polar surface area (TPSA) is 115 Å². The Labute approximate surface area is 228 Å². The molecule has 1 fully saturated rings. The number of rotatable bonds is 9. The number of thiazole rings is 1. The Balaban J connectivity index is 1.94. The molecule has 204 valence electrons. The number of Topliss-reactive ketones (excluding diaryl/α,β-unsaturated/α-hetero) is 1. The van der Waals surface area contributed by atoms with Crippen LogP contribution in [0.3, 0.4) is 0 Å². The molecule has 1 amide bonds. The number of aliphatic hydroxyl groups is 1. The number of carbonyl (C=O) groups is 3. The lowest BCUT2D eigenvalue weighted by atomic mass is 9.95. The van der Waals surface area contributed by atoms with Gasteiger partial charge in [-0.2, -0.15) is 0 Å². The summed E-state index contributed by atoms with van der Waals surface area (Å²) >= 11 is 0.891. The predicted molar refractivity (Wildman–Crippen MR) is 143 cm³/mol. The summed E-state index contributed by atoms with van der Waals surface area (Å²) in [6, 6.07) is 8.73. The van der Waals surface area contributed by atoms with Gasteiger partial charge in [0.25, 0.3) is 5.78 Å². The second-order valence-electron chi connectivity index (χ2n) is 8.57. The van der Waals surface area contributed by atoms with Crippen molar-refractivity contribution in [2.45, 2.75) is 33.2 Å². The summed E-state index contributed by atoms with van der Waals surface area (Å²) in [7, 11) is 1.23. The molecule has 0 spiro atoms. The maximum absolute atomic E-state index is 13.6. The number of methoxy groups -OCH3 is 1. The average molecular weight is 555 g/mol. The number of benzene rings is 2. The van der Waals surface area contributed by atoms with E-state index >= 15 is 0 Å². The molecule has 1 saturated heterocycles. The van der Waals surface area contributed by atoms with Gasteiger partial charge in [0.05, 0.1) is 37.6 Å². The molecule has 1 aliphatic rings. The molecule has 1 aliphatic heterocycles. The van der Waals surface area contributed by atoms with Crippen LogP contribution in [0.15, 0.2) is 48.0 Å². The van der Waals surface area contributed by atoms with Gasteiger partial charge < -0.3 is 19.3 Å². The van der Waals surface area contributed by atoms with Crippen LogP contribution in [-0.2, 0) is 14.3 Å². The van der Waals surface area contributed by atoms with Crippen LogP contribution in [0.4, 0.5) is 9.52 Å². The van der Waals surface area contributed by atoms with Crippen molar-refractivity contribution in [1.29, 1.82) is 0 Å². The van der Waals surface area contributed by atoms with Crippen molar-refractivity contribution in [3.63, 3.8) is 0 Å². The number of halogens is 1. The molecule has 0 bridgehead atoms. The van der Waals surface area contributed by atoms with E-state index in [1.807, 2.05) is 13.8 Å². The molecule has 1 atom stereocenters. The zero-order valence-electron chi connectivity index (χ0n) is 21.8. The molecule has 0 saturated carbocycles. The van der Waals surface area contributed by atoms with Crippen LogP contribution in [-0.4, -0.2) is 48.1 Å². The lowest BCUT2D eigenvalue weighted by Gasteiger charge is -2.24. The number of esters is 1. The van der Waals surface area contributed by atoms with Crippen LogP contribution in [0.2, 0.25) is 0 Å². The number of carbonyl (C=O) groups excluding carboxylic acids is 3. The van der Waals surface area contributed by atoms with Gasteiger partial charge in [-0.3, -0.25) is 14.5 Å². The second kappa shape index (κ2) is 11.6. The minimum absolute atomic E-state index is 0.0717. The van der Waals surface area contributed by atoms with E-state index in [4.69, 9.17) is 14.2 Å². The van der Waals surface area contributed by atoms with Gasteiger partial charge in [-0.15, -0.1) is 0 Å². The summed E-state index contributed by atoms with van der Waals surface area (Å²) in [4.78, 5) is 44.8. The summed E-state index contributed by atoms with van der Waals surface area (Å²) in [5, 5.41) is 11.3. The van der Waals surface area contributed by atoms with Gasteiger partial charge in [-0.05, 0) is 62.2 Å². The standard InChI is InChI=1S/C28H27FN2O7S/c1-5-13-38-19-12-9-17(14-20(19)37-6-2)22-21(23(32)16-7-10-18(29)11-8-16)24(33)26(34)31(22)28-30-15(3)25(39-28)27(35)36-4/h7-12,14,22,32H,5-6,13H2,1-4H3/b23-21+. The number of amides is 1. The van der Waals surface area contributed by atoms with Gasteiger partial charge >= 0.3 is 11.9 Å². The number of ether oxygens (including phenoxy) is 3. The summed E-state index contributed by atoms with van der Waals surface area (Å²) < 4.78 is 30.0. The minimum atomic E-state index is -1.13. The van der Waals surface area contributed by atoms with E-state index in [1.54, 1.807) is 25.1 Å². The molecule has 1 N–H and O–H groups in total. The largest absolute Gasteiger partial charge is 0.507 e. The lowest BCUT2D eigenvalue weighted by molar-refractivity contribution is -0.132. The third-order valence-electron chi connectivity index (χ3n) is 5.97. The molecule has 3 aromatic rings. The van der Waals surface area contributed by atoms with Gasteiger partial charge in [0.2, 0.25) is 0 Å². The molecule has 39 heavy (non-hydrogen) atoms. The van der Waals surface area contributed by atoms with Gasteiger partial charge in [0.15, 0.2) is 16.6 Å². The van der Waals surface area contributed by atoms with Crippen molar-refractivity contribution < 1.29 is 38.1 Å². The molecule has 1 aromatic heterocycles. The third-order valence-corrected chi connectivity index (χ3v) is 7.11. The fraction of sp³-hybridized carbons (Fsp3) is 0.286. The number of ketones is 1. The predicted octanol–water partition coefficient (Wildman–Crippen LogP) is 5.19. The molecule has 0 radical (unpaired) electrons. The highest BCUT2D eigenvalue weighted by atomic mass is 32.1. The van der Waals surface area contributed by atoms with Crippen molar-refractivity contribution >= 4 is 39.9 Å². The molecule has 11 heteroatoms. The zero-order valence-corrected chi connectivity index (χ0v) is 22.6. The van der Waals surface area contributed by atoms with Gasteiger partial charge in [0, 0.05) is 5.56 Å². The maximum Gasteiger partial charge on any atom is 0.350 e. The highest BCUT2D eigenvalue weighted by molar-refractivity contribution is 7.17. The number of nitrogens with zero attached hydrogens (tertiary/aromatic N) is 2. The highest BCUT2D eigenvalue weighted by Gasteiger charge is 2.48. The van der Waals surface area contributed by atoms with Crippen LogP contribution >= 0.6 is 11.3 Å². The lowest BCUT2D eigenvalue weighted by Crippen LogP contribution is -2.29. The van der Waals surface area contributed by atoms with Crippen LogP contribution in [0, 0.1) is 12.7 Å². The van der Waals surface area contributed by atoms with Crippen molar-refractivity contribution in [2.75, 3.05) is 25.2 Å². The Morgan fingerprint density at radius 3 is 2.46 bits per heavy atom. The molecule has 0 aliphatic carbocycles. The SMILES string of the molecule is CCCOc1ccc(C2/C(=C(\O)c3ccc(F)cc3)C(=O)C(=O)N2c2nc(C)c(C(=O)OC)s2)cc1OCC. The van der Waals surface area contributed by atoms with E-state index < -0.39 is 35.3 Å². The van der Waals surface area contributed by atoms with Crippen molar-refractivity contribution in [3.05, 3.63) is 75.6 Å². The molecular formula is C28H27FN2O7S. The van der Waals surface area contributed by atoms with E-state index in [-0.39, 0.29) is 21.1 Å². The first-order valence-corrected chi connectivity index (χ1v) is 13.1. The van der Waals surface area contributed by atoms with E-state index in [9.17, 15) is 23.9 Å². The van der Waals surface area contributed by atoms with E-state index in [1.165, 1.54) is 19.2 Å². The number of aryl methyl sites for hydroxylation is 1. The first kappa shape index (κ1) is 27.8. The Hall–Kier alpha value is -4.25. The molecule has 9 nitrogen and oxygen atoms in total. The van der Waals surface area contributed by atoms with Crippen LogP contribution in [0.25, 0.3) is 5.76 Å². The van der Waals surface area contributed by atoms with Gasteiger partial charge in [-0.1, -0.05) is 24.3 Å². The Kier molecular flexibility index (Phi) is 8.29.